The maximum Gasteiger partial charge on any atom is 0.254 e. The minimum absolute atomic E-state index is 0. The molecule has 0 unspecified atom stereocenters. The third-order valence-corrected chi connectivity index (χ3v) is 5.00. The molecule has 2 aromatic carbocycles. The average molecular weight is 384 g/mol. The Bertz CT molecular complexity index is 913. The van der Waals surface area contributed by atoms with Crippen molar-refractivity contribution in [3.8, 4) is 5.69 Å². The van der Waals surface area contributed by atoms with Crippen molar-refractivity contribution >= 4 is 18.3 Å². The number of halogens is 1. The molecule has 0 radical (unpaired) electrons. The molecule has 1 aliphatic heterocycles. The molecule has 1 aromatic heterocycles. The van der Waals surface area contributed by atoms with Crippen LogP contribution >= 0.6 is 12.4 Å². The van der Waals surface area contributed by atoms with E-state index in [-0.39, 0.29) is 30.3 Å². The van der Waals surface area contributed by atoms with Crippen molar-refractivity contribution in [1.82, 2.24) is 19.7 Å². The Labute approximate surface area is 164 Å². The Morgan fingerprint density at radius 1 is 1.15 bits per heavy atom. The molecule has 1 fully saturated rings. The van der Waals surface area contributed by atoms with Crippen molar-refractivity contribution in [2.24, 2.45) is 5.73 Å². The van der Waals surface area contributed by atoms with E-state index in [2.05, 4.69) is 22.2 Å². The number of nitrogens with two attached hydrogens (primary N) is 1. The van der Waals surface area contributed by atoms with Gasteiger partial charge in [0.15, 0.2) is 0 Å². The molecule has 1 saturated heterocycles. The minimum atomic E-state index is -0.0453. The Morgan fingerprint density at radius 2 is 1.93 bits per heavy atom. The van der Waals surface area contributed by atoms with Crippen LogP contribution in [0.5, 0.6) is 0 Å². The van der Waals surface area contributed by atoms with Crippen molar-refractivity contribution < 1.29 is 4.79 Å². The first-order chi connectivity index (χ1) is 12.6. The second kappa shape index (κ2) is 7.90. The molecule has 0 saturated carbocycles. The van der Waals surface area contributed by atoms with Crippen molar-refractivity contribution in [3.05, 3.63) is 77.9 Å². The zero-order valence-electron chi connectivity index (χ0n) is 15.0. The molecule has 0 spiro atoms. The van der Waals surface area contributed by atoms with E-state index in [1.54, 1.807) is 11.0 Å². The van der Waals surface area contributed by atoms with Crippen LogP contribution in [0.3, 0.4) is 0 Å². The van der Waals surface area contributed by atoms with Gasteiger partial charge in [-0.05, 0) is 36.2 Å². The predicted octanol–water partition coefficient (Wildman–Crippen LogP) is 2.56. The van der Waals surface area contributed by atoms with Gasteiger partial charge in [-0.25, -0.2) is 9.67 Å². The molecular weight excluding hydrogens is 362 g/mol. The van der Waals surface area contributed by atoms with Gasteiger partial charge in [0, 0.05) is 30.6 Å². The largest absolute Gasteiger partial charge is 0.336 e. The van der Waals surface area contributed by atoms with Gasteiger partial charge in [0.05, 0.1) is 5.69 Å². The highest BCUT2D eigenvalue weighted by Crippen LogP contribution is 2.28. The minimum Gasteiger partial charge on any atom is -0.336 e. The summed E-state index contributed by atoms with van der Waals surface area (Å²) in [6.07, 6.45) is 3.13. The molecule has 0 aliphatic carbocycles. The van der Waals surface area contributed by atoms with Crippen molar-refractivity contribution in [2.45, 2.75) is 18.9 Å². The molecule has 1 amide bonds. The van der Waals surface area contributed by atoms with E-state index in [1.807, 2.05) is 48.2 Å². The van der Waals surface area contributed by atoms with Crippen molar-refractivity contribution in [3.63, 3.8) is 0 Å². The van der Waals surface area contributed by atoms with Gasteiger partial charge < -0.3 is 10.6 Å². The fourth-order valence-electron chi connectivity index (χ4n) is 3.59. The highest BCUT2D eigenvalue weighted by atomic mass is 35.5. The van der Waals surface area contributed by atoms with Crippen LogP contribution < -0.4 is 5.73 Å². The molecule has 7 heteroatoms. The molecule has 2 atom stereocenters. The molecule has 140 valence electrons. The lowest BCUT2D eigenvalue weighted by molar-refractivity contribution is 0.0788. The molecule has 0 bridgehead atoms. The van der Waals surface area contributed by atoms with Gasteiger partial charge >= 0.3 is 0 Å². The summed E-state index contributed by atoms with van der Waals surface area (Å²) in [7, 11) is 0. The quantitative estimate of drug-likeness (QED) is 0.754. The lowest BCUT2D eigenvalue weighted by Gasteiger charge is -2.18. The van der Waals surface area contributed by atoms with Crippen LogP contribution in [0.2, 0.25) is 0 Å². The fourth-order valence-corrected chi connectivity index (χ4v) is 3.59. The van der Waals surface area contributed by atoms with Gasteiger partial charge in [-0.15, -0.1) is 12.4 Å². The second-order valence-corrected chi connectivity index (χ2v) is 6.73. The zero-order valence-corrected chi connectivity index (χ0v) is 15.8. The van der Waals surface area contributed by atoms with Crippen molar-refractivity contribution in [2.75, 3.05) is 13.1 Å². The standard InChI is InChI=1S/C20H21N5O.ClH/c1-14-9-16(25-13-22-12-23-25)7-8-17(14)20(26)24-10-18(19(21)11-24)15-5-3-2-4-6-15;/h2-9,12-13,18-19H,10-11,21H2,1H3;1H/t18-,19+;/m0./s1. The number of amides is 1. The van der Waals surface area contributed by atoms with E-state index in [9.17, 15) is 4.79 Å². The second-order valence-electron chi connectivity index (χ2n) is 6.73. The summed E-state index contributed by atoms with van der Waals surface area (Å²) in [6.45, 7) is 3.16. The van der Waals surface area contributed by atoms with Crippen LogP contribution in [-0.4, -0.2) is 44.7 Å². The summed E-state index contributed by atoms with van der Waals surface area (Å²) in [5.41, 5.74) is 10.0. The van der Waals surface area contributed by atoms with E-state index in [0.717, 1.165) is 11.3 Å². The fraction of sp³-hybridized carbons (Fsp3) is 0.250. The first-order valence-corrected chi connectivity index (χ1v) is 8.69. The lowest BCUT2D eigenvalue weighted by atomic mass is 9.95. The molecule has 2 heterocycles. The summed E-state index contributed by atoms with van der Waals surface area (Å²) in [5.74, 6) is 0.205. The average Bonchev–Trinajstić information content (AvgIpc) is 3.32. The topological polar surface area (TPSA) is 77.0 Å². The van der Waals surface area contributed by atoms with E-state index < -0.39 is 0 Å². The van der Waals surface area contributed by atoms with Crippen molar-refractivity contribution in [1.29, 1.82) is 0 Å². The number of rotatable bonds is 3. The third-order valence-electron chi connectivity index (χ3n) is 5.00. The first kappa shape index (κ1) is 19.1. The SMILES string of the molecule is Cc1cc(-n2cncn2)ccc1C(=O)N1C[C@@H](N)[C@H](c2ccccc2)C1.Cl. The maximum absolute atomic E-state index is 13.0. The third kappa shape index (κ3) is 3.72. The number of hydrogen-bond donors (Lipinski definition) is 1. The van der Waals surface area contributed by atoms with Crippen LogP contribution in [0.1, 0.15) is 27.4 Å². The number of aromatic nitrogens is 3. The summed E-state index contributed by atoms with van der Waals surface area (Å²) in [5, 5.41) is 4.13. The number of aryl methyl sites for hydroxylation is 1. The van der Waals surface area contributed by atoms with E-state index in [1.165, 1.54) is 11.9 Å². The Morgan fingerprint density at radius 3 is 2.59 bits per heavy atom. The van der Waals surface area contributed by atoms with E-state index in [0.29, 0.717) is 18.7 Å². The highest BCUT2D eigenvalue weighted by molar-refractivity contribution is 5.96. The number of nitrogens with zero attached hydrogens (tertiary/aromatic N) is 4. The molecule has 4 rings (SSSR count). The van der Waals surface area contributed by atoms with Gasteiger partial charge in [-0.3, -0.25) is 4.79 Å². The van der Waals surface area contributed by atoms with Crippen LogP contribution in [0.25, 0.3) is 5.69 Å². The molecule has 2 N–H and O–H groups in total. The lowest BCUT2D eigenvalue weighted by Crippen LogP contribution is -2.32. The van der Waals surface area contributed by atoms with Crippen LogP contribution in [0, 0.1) is 6.92 Å². The normalized spacial score (nSPS) is 19.0. The first-order valence-electron chi connectivity index (χ1n) is 8.69. The zero-order chi connectivity index (χ0) is 18.1. The van der Waals surface area contributed by atoms with Crippen LogP contribution in [-0.2, 0) is 0 Å². The number of hydrogen-bond acceptors (Lipinski definition) is 4. The summed E-state index contributed by atoms with van der Waals surface area (Å²) in [6, 6.07) is 15.8. The molecule has 6 nitrogen and oxygen atoms in total. The number of likely N-dealkylation sites (tertiary alicyclic amines) is 1. The summed E-state index contributed by atoms with van der Waals surface area (Å²) >= 11 is 0. The smallest absolute Gasteiger partial charge is 0.254 e. The number of carbonyl (C=O) groups is 1. The van der Waals surface area contributed by atoms with Gasteiger partial charge in [-0.1, -0.05) is 30.3 Å². The summed E-state index contributed by atoms with van der Waals surface area (Å²) < 4.78 is 1.68. The maximum atomic E-state index is 13.0. The Hall–Kier alpha value is -2.70. The molecule has 3 aromatic rings. The number of carbonyl (C=O) groups excluding carboxylic acids is 1. The van der Waals surface area contributed by atoms with Gasteiger partial charge in [-0.2, -0.15) is 5.10 Å². The molecular formula is C20H22ClN5O. The Kier molecular flexibility index (Phi) is 5.58. The monoisotopic (exact) mass is 383 g/mol. The van der Waals surface area contributed by atoms with Gasteiger partial charge in [0.2, 0.25) is 0 Å². The van der Waals surface area contributed by atoms with E-state index >= 15 is 0 Å². The predicted molar refractivity (Wildman–Crippen MR) is 106 cm³/mol. The highest BCUT2D eigenvalue weighted by Gasteiger charge is 2.34. The molecule has 1 aliphatic rings. The van der Waals surface area contributed by atoms with E-state index in [4.69, 9.17) is 5.73 Å². The number of benzene rings is 2. The van der Waals surface area contributed by atoms with Crippen LogP contribution in [0.4, 0.5) is 0 Å². The van der Waals surface area contributed by atoms with Gasteiger partial charge in [0.25, 0.3) is 5.91 Å². The van der Waals surface area contributed by atoms with Gasteiger partial charge in [0.1, 0.15) is 12.7 Å². The molecule has 27 heavy (non-hydrogen) atoms. The summed E-state index contributed by atoms with van der Waals surface area (Å²) in [4.78, 5) is 18.8. The Balaban J connectivity index is 0.00000210. The van der Waals surface area contributed by atoms with Crippen LogP contribution in [0.15, 0.2) is 61.2 Å².